The highest BCUT2D eigenvalue weighted by molar-refractivity contribution is 7.89. The molecular formula is C56H78N4O10S. The first-order valence-electron chi connectivity index (χ1n) is 26.0. The molecule has 0 saturated heterocycles. The lowest BCUT2D eigenvalue weighted by atomic mass is 9.55. The molecule has 14 nitrogen and oxygen atoms in total. The number of carbonyl (C=O) groups is 2. The average molecular weight is 999 g/mol. The maximum absolute atomic E-state index is 15.0. The van der Waals surface area contributed by atoms with E-state index in [-0.39, 0.29) is 55.5 Å². The molecule has 6 rings (SSSR count). The molecule has 1 heterocycles. The molecule has 71 heavy (non-hydrogen) atoms. The standard InChI is InChI=1S/C56H78N4O10S/c1-5-7-8-9-10-11-12-13-14-20-33-57-55(64)69-45-29-32-51-49(38-45)53-47(26-19-22-35-62)43(25-18-21-34-61)37-48-50(59-68-40-42-23-16-15-17-24-42)39-52(56(70-51,54(48)53)67-36-6-2)60(4)71(65,66)46-30-27-44(28-31-46)58-41(3)63/h6,15-17,23-24,27-32,37-38,43,47,52-54,61-62H,2,5,7-14,18-22,25-26,33-36,39-40H2,1,3-4H3,(H,57,64)(H,58,63)/t43-,47+,52-,53+,54+,56+/m0/s1. The van der Waals surface area contributed by atoms with E-state index < -0.39 is 39.8 Å². The molecule has 0 bridgehead atoms. The van der Waals surface area contributed by atoms with E-state index in [2.05, 4.69) is 30.2 Å². The van der Waals surface area contributed by atoms with E-state index >= 15 is 0 Å². The van der Waals surface area contributed by atoms with Gasteiger partial charge in [-0.05, 0) is 97.5 Å². The van der Waals surface area contributed by atoms with Gasteiger partial charge in [-0.25, -0.2) is 13.2 Å². The second-order valence-corrected chi connectivity index (χ2v) is 21.3. The van der Waals surface area contributed by atoms with Gasteiger partial charge in [-0.15, -0.1) is 6.58 Å². The molecule has 3 aromatic carbocycles. The quantitative estimate of drug-likeness (QED) is 0.0285. The Morgan fingerprint density at radius 1 is 0.887 bits per heavy atom. The number of oxime groups is 1. The zero-order valence-electron chi connectivity index (χ0n) is 42.2. The van der Waals surface area contributed by atoms with Gasteiger partial charge in [-0.2, -0.15) is 4.31 Å². The zero-order chi connectivity index (χ0) is 50.6. The van der Waals surface area contributed by atoms with Crippen LogP contribution in [0, 0.1) is 17.8 Å². The van der Waals surface area contributed by atoms with Crippen molar-refractivity contribution in [1.29, 1.82) is 0 Å². The van der Waals surface area contributed by atoms with Crippen molar-refractivity contribution in [3.63, 3.8) is 0 Å². The topological polar surface area (TPSA) is 185 Å². The largest absolute Gasteiger partial charge is 0.460 e. The van der Waals surface area contributed by atoms with E-state index in [1.807, 2.05) is 36.4 Å². The molecule has 1 aliphatic heterocycles. The van der Waals surface area contributed by atoms with E-state index in [9.17, 15) is 28.2 Å². The van der Waals surface area contributed by atoms with Crippen LogP contribution in [0.4, 0.5) is 10.5 Å². The lowest BCUT2D eigenvalue weighted by Gasteiger charge is -2.59. The van der Waals surface area contributed by atoms with Crippen LogP contribution in [0.5, 0.6) is 11.5 Å². The number of likely N-dealkylation sites (N-methyl/N-ethyl adjacent to an activating group) is 1. The highest BCUT2D eigenvalue weighted by atomic mass is 32.2. The number of allylic oxidation sites excluding steroid dienone is 1. The molecule has 4 N–H and O–H groups in total. The predicted octanol–water partition coefficient (Wildman–Crippen LogP) is 10.8. The first-order valence-corrected chi connectivity index (χ1v) is 27.5. The number of carbonyl (C=O) groups excluding carboxylic acids is 2. The Hall–Kier alpha value is -5.06. The third-order valence-corrected chi connectivity index (χ3v) is 16.1. The molecule has 15 heteroatoms. The molecule has 0 unspecified atom stereocenters. The summed E-state index contributed by atoms with van der Waals surface area (Å²) in [6.07, 6.45) is 19.4. The Morgan fingerprint density at radius 3 is 2.23 bits per heavy atom. The minimum atomic E-state index is -4.28. The van der Waals surface area contributed by atoms with Crippen molar-refractivity contribution >= 4 is 33.4 Å². The molecule has 0 spiro atoms. The fourth-order valence-electron chi connectivity index (χ4n) is 10.7. The summed E-state index contributed by atoms with van der Waals surface area (Å²) in [5, 5.41) is 30.5. The van der Waals surface area contributed by atoms with E-state index in [1.54, 1.807) is 30.3 Å². The summed E-state index contributed by atoms with van der Waals surface area (Å²) in [5.41, 5.74) is 3.51. The number of nitrogens with one attached hydrogen (secondary N) is 2. The van der Waals surface area contributed by atoms with Crippen LogP contribution in [0.1, 0.15) is 140 Å². The number of aliphatic hydroxyl groups excluding tert-OH is 2. The minimum Gasteiger partial charge on any atom is -0.460 e. The number of sulfonamides is 1. The van der Waals surface area contributed by atoms with Gasteiger partial charge in [0.1, 0.15) is 18.1 Å². The smallest absolute Gasteiger partial charge is 0.412 e. The summed E-state index contributed by atoms with van der Waals surface area (Å²) in [4.78, 5) is 31.4. The van der Waals surface area contributed by atoms with Crippen LogP contribution in [-0.4, -0.2) is 85.9 Å². The van der Waals surface area contributed by atoms with Crippen molar-refractivity contribution in [2.75, 3.05) is 38.7 Å². The zero-order valence-corrected chi connectivity index (χ0v) is 43.0. The summed E-state index contributed by atoms with van der Waals surface area (Å²) in [6, 6.07) is 20.0. The van der Waals surface area contributed by atoms with E-state index in [0.29, 0.717) is 55.1 Å². The Morgan fingerprint density at radius 2 is 1.56 bits per heavy atom. The molecule has 3 aromatic rings. The number of rotatable bonds is 30. The molecule has 0 radical (unpaired) electrons. The maximum atomic E-state index is 15.0. The molecule has 3 aliphatic rings. The summed E-state index contributed by atoms with van der Waals surface area (Å²) in [6.45, 7) is 8.39. The van der Waals surface area contributed by atoms with Gasteiger partial charge in [0.15, 0.2) is 0 Å². The van der Waals surface area contributed by atoms with Crippen molar-refractivity contribution in [2.45, 2.75) is 152 Å². The van der Waals surface area contributed by atoms with Gasteiger partial charge in [0.2, 0.25) is 21.7 Å². The van der Waals surface area contributed by atoms with Crippen LogP contribution in [0.25, 0.3) is 0 Å². The first-order chi connectivity index (χ1) is 34.5. The SMILES string of the molecule is C=CCO[C@@]12Oc3ccc(OC(=O)NCCCCCCCCCCCC)cc3[C@H]3[C@H](CCCCO)[C@@H](CCCCO)C=C(C(=NOCc4ccccc4)C[C@@H]1N(C)S(=O)(=O)c1ccc(NC(C)=O)cc1)[C@H]32. The summed E-state index contributed by atoms with van der Waals surface area (Å²) in [5.74, 6) is -2.30. The Labute approximate surface area is 422 Å². The number of ether oxygens (including phenoxy) is 3. The third kappa shape index (κ3) is 14.6. The average Bonchev–Trinajstić information content (AvgIpc) is 3.36. The van der Waals surface area contributed by atoms with E-state index in [1.165, 1.54) is 75.4 Å². The van der Waals surface area contributed by atoms with Gasteiger partial charge in [-0.3, -0.25) is 4.79 Å². The number of aliphatic hydroxyl groups is 2. The fourth-order valence-corrected chi connectivity index (χ4v) is 12.1. The van der Waals surface area contributed by atoms with Crippen LogP contribution in [0.2, 0.25) is 0 Å². The molecule has 0 aromatic heterocycles. The fraction of sp³-hybridized carbons (Fsp3) is 0.554. The van der Waals surface area contributed by atoms with Crippen molar-refractivity contribution in [3.8, 4) is 11.5 Å². The van der Waals surface area contributed by atoms with Gasteiger partial charge in [-0.1, -0.05) is 125 Å². The number of unbranched alkanes of at least 4 members (excludes halogenated alkanes) is 11. The number of benzene rings is 3. The molecule has 1 saturated carbocycles. The van der Waals surface area contributed by atoms with Crippen LogP contribution in [0.15, 0.2) is 107 Å². The van der Waals surface area contributed by atoms with Gasteiger partial charge >= 0.3 is 6.09 Å². The number of nitrogens with zero attached hydrogens (tertiary/aromatic N) is 2. The van der Waals surface area contributed by atoms with Gasteiger partial charge in [0, 0.05) is 57.3 Å². The van der Waals surface area contributed by atoms with Crippen molar-refractivity contribution < 1.29 is 47.3 Å². The minimum absolute atomic E-state index is 0.00333. The van der Waals surface area contributed by atoms with E-state index in [4.69, 9.17) is 24.2 Å². The van der Waals surface area contributed by atoms with Gasteiger partial charge < -0.3 is 39.9 Å². The monoisotopic (exact) mass is 999 g/mol. The summed E-state index contributed by atoms with van der Waals surface area (Å²) < 4.78 is 51.4. The second-order valence-electron chi connectivity index (χ2n) is 19.3. The first kappa shape index (κ1) is 55.3. The summed E-state index contributed by atoms with van der Waals surface area (Å²) in [7, 11) is -2.76. The maximum Gasteiger partial charge on any atom is 0.412 e. The second kappa shape index (κ2) is 27.7. The number of hydrogen-bond acceptors (Lipinski definition) is 11. The van der Waals surface area contributed by atoms with Crippen LogP contribution >= 0.6 is 0 Å². The van der Waals surface area contributed by atoms with Gasteiger partial charge in [0.25, 0.3) is 0 Å². The van der Waals surface area contributed by atoms with Crippen LogP contribution in [-0.2, 0) is 31.0 Å². The normalized spacial score (nSPS) is 21.9. The van der Waals surface area contributed by atoms with Gasteiger partial charge in [0.05, 0.1) is 29.2 Å². The lowest BCUT2D eigenvalue weighted by Crippen LogP contribution is -2.69. The van der Waals surface area contributed by atoms with Crippen LogP contribution in [0.3, 0.4) is 0 Å². The predicted molar refractivity (Wildman–Crippen MR) is 278 cm³/mol. The van der Waals surface area contributed by atoms with E-state index in [0.717, 1.165) is 48.8 Å². The molecule has 2 amide bonds. The Kier molecular flexibility index (Phi) is 21.5. The molecule has 2 aliphatic carbocycles. The number of anilines is 1. The Bertz CT molecular complexity index is 2340. The molecule has 388 valence electrons. The number of fused-ring (bicyclic) bond motifs is 2. The molecule has 1 fully saturated rings. The van der Waals surface area contributed by atoms with Crippen LogP contribution < -0.4 is 20.1 Å². The number of amides is 2. The molecular weight excluding hydrogens is 921 g/mol. The third-order valence-electron chi connectivity index (χ3n) is 14.2. The molecule has 6 atom stereocenters. The highest BCUT2D eigenvalue weighted by Crippen LogP contribution is 2.62. The van der Waals surface area contributed by atoms with Crippen molar-refractivity contribution in [3.05, 3.63) is 108 Å². The number of hydrogen-bond donors (Lipinski definition) is 4. The Balaban J connectivity index is 1.40. The highest BCUT2D eigenvalue weighted by Gasteiger charge is 2.65. The lowest BCUT2D eigenvalue weighted by molar-refractivity contribution is -0.250. The van der Waals surface area contributed by atoms with Crippen molar-refractivity contribution in [1.82, 2.24) is 9.62 Å². The summed E-state index contributed by atoms with van der Waals surface area (Å²) >= 11 is 0. The van der Waals surface area contributed by atoms with Crippen molar-refractivity contribution in [2.24, 2.45) is 22.9 Å².